The summed E-state index contributed by atoms with van der Waals surface area (Å²) in [5.74, 6) is 1.90. The Bertz CT molecular complexity index is 279. The van der Waals surface area contributed by atoms with Gasteiger partial charge in [0.2, 0.25) is 0 Å². The molecule has 0 amide bonds. The van der Waals surface area contributed by atoms with E-state index in [0.29, 0.717) is 5.88 Å². The third-order valence-corrected chi connectivity index (χ3v) is 2.90. The number of halogens is 2. The third kappa shape index (κ3) is 4.73. The molecule has 0 aliphatic heterocycles. The molecule has 1 rings (SSSR count). The second kappa shape index (κ2) is 6.93. The highest BCUT2D eigenvalue weighted by Crippen LogP contribution is 2.17. The Morgan fingerprint density at radius 3 is 2.40 bits per heavy atom. The summed E-state index contributed by atoms with van der Waals surface area (Å²) in [5, 5.41) is -0.183. The van der Waals surface area contributed by atoms with Crippen molar-refractivity contribution in [3.8, 4) is 11.5 Å². The highest BCUT2D eigenvalue weighted by Gasteiger charge is 2.01. The van der Waals surface area contributed by atoms with Crippen molar-refractivity contribution in [1.29, 1.82) is 0 Å². The molecule has 5 heteroatoms. The van der Waals surface area contributed by atoms with Crippen molar-refractivity contribution in [1.82, 2.24) is 0 Å². The first-order valence-corrected chi connectivity index (χ1v) is 5.79. The van der Waals surface area contributed by atoms with Gasteiger partial charge < -0.3 is 14.2 Å². The molecule has 0 heterocycles. The second-order valence-electron chi connectivity index (χ2n) is 2.67. The Balaban J connectivity index is 2.31. The predicted octanol–water partition coefficient (Wildman–Crippen LogP) is 3.01. The molecule has 3 nitrogen and oxygen atoms in total. The van der Waals surface area contributed by atoms with Crippen LogP contribution in [0.3, 0.4) is 0 Å². The Labute approximate surface area is 102 Å². The van der Waals surface area contributed by atoms with Gasteiger partial charge in [0.25, 0.3) is 0 Å². The summed E-state index contributed by atoms with van der Waals surface area (Å²) >= 11 is 8.75. The van der Waals surface area contributed by atoms with Crippen LogP contribution in [0.25, 0.3) is 0 Å². The summed E-state index contributed by atoms with van der Waals surface area (Å²) in [4.78, 5) is 0. The number of hydrogen-bond donors (Lipinski definition) is 0. The Kier molecular flexibility index (Phi) is 5.83. The summed E-state index contributed by atoms with van der Waals surface area (Å²) in [6.07, 6.45) is 0. The number of rotatable bonds is 6. The molecule has 0 fully saturated rings. The smallest absolute Gasteiger partial charge is 0.190 e. The van der Waals surface area contributed by atoms with E-state index in [1.165, 1.54) is 0 Å². The molecule has 1 atom stereocenters. The van der Waals surface area contributed by atoms with E-state index in [1.807, 2.05) is 24.3 Å². The lowest BCUT2D eigenvalue weighted by Crippen LogP contribution is -2.11. The lowest BCUT2D eigenvalue weighted by atomic mass is 10.3. The average Bonchev–Trinajstić information content (AvgIpc) is 2.29. The highest BCUT2D eigenvalue weighted by atomic mass is 79.9. The lowest BCUT2D eigenvalue weighted by Gasteiger charge is -2.10. The van der Waals surface area contributed by atoms with E-state index in [-0.39, 0.29) is 11.8 Å². The van der Waals surface area contributed by atoms with Gasteiger partial charge in [0, 0.05) is 0 Å². The number of alkyl halides is 2. The molecule has 0 N–H and O–H groups in total. The molecule has 84 valence electrons. The lowest BCUT2D eigenvalue weighted by molar-refractivity contribution is 0.0116. The van der Waals surface area contributed by atoms with Gasteiger partial charge in [0.15, 0.2) is 6.79 Å². The van der Waals surface area contributed by atoms with Crippen molar-refractivity contribution in [2.75, 3.05) is 19.8 Å². The Hall–Kier alpha value is -0.450. The van der Waals surface area contributed by atoms with Crippen molar-refractivity contribution in [3.05, 3.63) is 24.3 Å². The van der Waals surface area contributed by atoms with Crippen LogP contribution in [0.15, 0.2) is 24.3 Å². The number of hydrogen-bond acceptors (Lipinski definition) is 3. The molecule has 15 heavy (non-hydrogen) atoms. The van der Waals surface area contributed by atoms with E-state index < -0.39 is 0 Å². The maximum absolute atomic E-state index is 5.53. The number of ether oxygens (including phenoxy) is 3. The summed E-state index contributed by atoms with van der Waals surface area (Å²) in [6.45, 7) is 0.162. The van der Waals surface area contributed by atoms with E-state index in [4.69, 9.17) is 25.8 Å². The zero-order valence-corrected chi connectivity index (χ0v) is 10.6. The van der Waals surface area contributed by atoms with Gasteiger partial charge in [-0.25, -0.2) is 0 Å². The SMILES string of the molecule is COc1ccc(OCOC(Br)CCl)cc1. The molecular formula is C10H12BrClO3. The molecule has 0 saturated carbocycles. The quantitative estimate of drug-likeness (QED) is 0.596. The van der Waals surface area contributed by atoms with E-state index in [1.54, 1.807) is 7.11 Å². The zero-order chi connectivity index (χ0) is 11.1. The monoisotopic (exact) mass is 294 g/mol. The molecule has 1 aromatic rings. The molecule has 0 spiro atoms. The van der Waals surface area contributed by atoms with Gasteiger partial charge in [0.05, 0.1) is 13.0 Å². The topological polar surface area (TPSA) is 27.7 Å². The minimum atomic E-state index is -0.183. The van der Waals surface area contributed by atoms with Crippen LogP contribution in [0.1, 0.15) is 0 Å². The summed E-state index contributed by atoms with van der Waals surface area (Å²) in [6, 6.07) is 7.27. The molecular weight excluding hydrogens is 283 g/mol. The first kappa shape index (κ1) is 12.6. The fraction of sp³-hybridized carbons (Fsp3) is 0.400. The van der Waals surface area contributed by atoms with Gasteiger partial charge in [-0.2, -0.15) is 0 Å². The maximum Gasteiger partial charge on any atom is 0.190 e. The van der Waals surface area contributed by atoms with E-state index in [0.717, 1.165) is 11.5 Å². The van der Waals surface area contributed by atoms with Crippen LogP contribution in [0.4, 0.5) is 0 Å². The van der Waals surface area contributed by atoms with Crippen molar-refractivity contribution < 1.29 is 14.2 Å². The Morgan fingerprint density at radius 2 is 1.87 bits per heavy atom. The average molecular weight is 296 g/mol. The molecule has 1 aromatic carbocycles. The molecule has 0 saturated heterocycles. The molecule has 0 aliphatic rings. The molecule has 1 unspecified atom stereocenters. The van der Waals surface area contributed by atoms with Crippen LogP contribution in [0, 0.1) is 0 Å². The maximum atomic E-state index is 5.53. The Morgan fingerprint density at radius 1 is 1.27 bits per heavy atom. The van der Waals surface area contributed by atoms with Gasteiger partial charge in [-0.1, -0.05) is 15.9 Å². The minimum absolute atomic E-state index is 0.162. The van der Waals surface area contributed by atoms with E-state index >= 15 is 0 Å². The van der Waals surface area contributed by atoms with Crippen molar-refractivity contribution in [3.63, 3.8) is 0 Å². The predicted molar refractivity (Wildman–Crippen MR) is 63.0 cm³/mol. The van der Waals surface area contributed by atoms with Crippen molar-refractivity contribution >= 4 is 27.5 Å². The van der Waals surface area contributed by atoms with Crippen molar-refractivity contribution in [2.24, 2.45) is 0 Å². The summed E-state index contributed by atoms with van der Waals surface area (Å²) in [5.41, 5.74) is 0. The number of methoxy groups -OCH3 is 1. The van der Waals surface area contributed by atoms with Gasteiger partial charge in [0.1, 0.15) is 16.5 Å². The van der Waals surface area contributed by atoms with Crippen LogP contribution in [0.2, 0.25) is 0 Å². The van der Waals surface area contributed by atoms with Gasteiger partial charge in [-0.3, -0.25) is 0 Å². The summed E-state index contributed by atoms with van der Waals surface area (Å²) < 4.78 is 15.5. The van der Waals surface area contributed by atoms with Gasteiger partial charge in [-0.05, 0) is 24.3 Å². The van der Waals surface area contributed by atoms with E-state index in [2.05, 4.69) is 15.9 Å². The van der Waals surface area contributed by atoms with Crippen LogP contribution < -0.4 is 9.47 Å². The standard InChI is InChI=1S/C10H12BrClO3/c1-13-8-2-4-9(5-3-8)14-7-15-10(11)6-12/h2-5,10H,6-7H2,1H3. The van der Waals surface area contributed by atoms with Crippen LogP contribution in [0.5, 0.6) is 11.5 Å². The summed E-state index contributed by atoms with van der Waals surface area (Å²) in [7, 11) is 1.62. The fourth-order valence-corrected chi connectivity index (χ4v) is 1.09. The van der Waals surface area contributed by atoms with Crippen LogP contribution >= 0.6 is 27.5 Å². The molecule has 0 aromatic heterocycles. The van der Waals surface area contributed by atoms with Crippen LogP contribution in [-0.4, -0.2) is 24.8 Å². The molecule has 0 aliphatic carbocycles. The van der Waals surface area contributed by atoms with E-state index in [9.17, 15) is 0 Å². The molecule has 0 radical (unpaired) electrons. The third-order valence-electron chi connectivity index (χ3n) is 1.66. The van der Waals surface area contributed by atoms with Crippen LogP contribution in [-0.2, 0) is 4.74 Å². The number of benzene rings is 1. The van der Waals surface area contributed by atoms with Gasteiger partial charge in [-0.15, -0.1) is 11.6 Å². The second-order valence-corrected chi connectivity index (χ2v) is 4.00. The van der Waals surface area contributed by atoms with Gasteiger partial charge >= 0.3 is 0 Å². The molecule has 0 bridgehead atoms. The largest absolute Gasteiger partial charge is 0.497 e. The zero-order valence-electron chi connectivity index (χ0n) is 8.28. The highest BCUT2D eigenvalue weighted by molar-refractivity contribution is 9.09. The van der Waals surface area contributed by atoms with Crippen molar-refractivity contribution in [2.45, 2.75) is 5.01 Å². The minimum Gasteiger partial charge on any atom is -0.497 e. The first-order valence-electron chi connectivity index (χ1n) is 4.34. The fourth-order valence-electron chi connectivity index (χ4n) is 0.892. The normalized spacial score (nSPS) is 12.2. The first-order chi connectivity index (χ1) is 7.26.